The van der Waals surface area contributed by atoms with Crippen LogP contribution in [-0.2, 0) is 9.53 Å². The second kappa shape index (κ2) is 8.37. The molecule has 0 aliphatic carbocycles. The minimum Gasteiger partial charge on any atom is -0.452 e. The first-order chi connectivity index (χ1) is 13.3. The van der Waals surface area contributed by atoms with Gasteiger partial charge < -0.3 is 15.4 Å². The van der Waals surface area contributed by atoms with Crippen molar-refractivity contribution in [3.63, 3.8) is 0 Å². The third-order valence-electron chi connectivity index (χ3n) is 4.85. The van der Waals surface area contributed by atoms with Crippen LogP contribution < -0.4 is 5.73 Å². The van der Waals surface area contributed by atoms with Gasteiger partial charge in [-0.25, -0.2) is 9.18 Å². The third-order valence-corrected chi connectivity index (χ3v) is 5.58. The van der Waals surface area contributed by atoms with Crippen LogP contribution in [0.2, 0.25) is 10.0 Å². The Balaban J connectivity index is 1.70. The first-order valence-electron chi connectivity index (χ1n) is 8.75. The van der Waals surface area contributed by atoms with Gasteiger partial charge in [0.05, 0.1) is 21.8 Å². The smallest absolute Gasteiger partial charge is 0.343 e. The molecular weight excluding hydrogens is 406 g/mol. The van der Waals surface area contributed by atoms with E-state index in [0.717, 1.165) is 24.5 Å². The van der Waals surface area contributed by atoms with Crippen LogP contribution in [0.15, 0.2) is 30.3 Å². The maximum atomic E-state index is 14.0. The van der Waals surface area contributed by atoms with Crippen molar-refractivity contribution in [3.8, 4) is 0 Å². The van der Waals surface area contributed by atoms with Crippen molar-refractivity contribution in [2.24, 2.45) is 0 Å². The summed E-state index contributed by atoms with van der Waals surface area (Å²) in [5.41, 5.74) is 6.85. The fourth-order valence-electron chi connectivity index (χ4n) is 3.32. The van der Waals surface area contributed by atoms with E-state index in [9.17, 15) is 14.0 Å². The third kappa shape index (κ3) is 4.08. The number of carbonyl (C=O) groups excluding carboxylic acids is 2. The zero-order chi connectivity index (χ0) is 20.4. The molecule has 28 heavy (non-hydrogen) atoms. The van der Waals surface area contributed by atoms with Crippen molar-refractivity contribution in [3.05, 3.63) is 62.9 Å². The van der Waals surface area contributed by atoms with Crippen LogP contribution >= 0.6 is 23.2 Å². The minimum absolute atomic E-state index is 0.00676. The molecule has 0 aromatic heterocycles. The molecule has 1 fully saturated rings. The van der Waals surface area contributed by atoms with Gasteiger partial charge in [-0.2, -0.15) is 0 Å². The Morgan fingerprint density at radius 1 is 1.25 bits per heavy atom. The largest absolute Gasteiger partial charge is 0.452 e. The molecule has 0 spiro atoms. The van der Waals surface area contributed by atoms with Crippen molar-refractivity contribution in [1.29, 1.82) is 0 Å². The number of carbonyl (C=O) groups is 2. The number of likely N-dealkylation sites (tertiary alicyclic amines) is 1. The van der Waals surface area contributed by atoms with Crippen LogP contribution in [0, 0.1) is 12.7 Å². The summed E-state index contributed by atoms with van der Waals surface area (Å²) < 4.78 is 19.0. The van der Waals surface area contributed by atoms with E-state index in [0.29, 0.717) is 22.2 Å². The summed E-state index contributed by atoms with van der Waals surface area (Å²) >= 11 is 12.0. The molecule has 1 heterocycles. The van der Waals surface area contributed by atoms with Gasteiger partial charge in [-0.15, -0.1) is 0 Å². The van der Waals surface area contributed by atoms with E-state index in [2.05, 4.69) is 0 Å². The molecule has 2 N–H and O–H groups in total. The fourth-order valence-corrected chi connectivity index (χ4v) is 3.62. The molecule has 1 unspecified atom stereocenters. The highest BCUT2D eigenvalue weighted by molar-refractivity contribution is 6.42. The molecule has 8 heteroatoms. The number of hydrogen-bond donors (Lipinski definition) is 1. The standard InChI is InChI=1S/C20H19Cl2FN2O3/c1-11-4-7-15(23)18(19(11)24)20(27)28-10-17(26)25-8-2-3-16(25)12-5-6-13(21)14(22)9-12/h4-7,9,16H,2-3,8,10,24H2,1H3. The number of halogens is 3. The first-order valence-corrected chi connectivity index (χ1v) is 9.51. The van der Waals surface area contributed by atoms with E-state index in [1.807, 2.05) is 6.07 Å². The Labute approximate surface area is 172 Å². The molecule has 1 amide bonds. The van der Waals surface area contributed by atoms with Crippen molar-refractivity contribution >= 4 is 40.8 Å². The molecule has 3 rings (SSSR count). The molecule has 0 radical (unpaired) electrons. The second-order valence-corrected chi connectivity index (χ2v) is 7.46. The average Bonchev–Trinajstić information content (AvgIpc) is 3.15. The molecule has 1 aliphatic heterocycles. The molecule has 2 aromatic rings. The Kier molecular flexibility index (Phi) is 6.10. The number of rotatable bonds is 4. The second-order valence-electron chi connectivity index (χ2n) is 6.65. The molecule has 1 aliphatic rings. The van der Waals surface area contributed by atoms with E-state index >= 15 is 0 Å². The summed E-state index contributed by atoms with van der Waals surface area (Å²) in [4.78, 5) is 26.5. The van der Waals surface area contributed by atoms with Gasteiger partial charge in [-0.1, -0.05) is 35.3 Å². The van der Waals surface area contributed by atoms with Gasteiger partial charge in [-0.3, -0.25) is 4.79 Å². The lowest BCUT2D eigenvalue weighted by Crippen LogP contribution is -2.34. The van der Waals surface area contributed by atoms with Crippen LogP contribution in [0.4, 0.5) is 10.1 Å². The number of amides is 1. The maximum Gasteiger partial charge on any atom is 0.343 e. The molecule has 1 saturated heterocycles. The minimum atomic E-state index is -0.961. The summed E-state index contributed by atoms with van der Waals surface area (Å²) in [6, 6.07) is 7.67. The summed E-state index contributed by atoms with van der Waals surface area (Å²) in [5, 5.41) is 0.850. The van der Waals surface area contributed by atoms with Crippen molar-refractivity contribution in [2.45, 2.75) is 25.8 Å². The Hall–Kier alpha value is -2.31. The number of benzene rings is 2. The summed E-state index contributed by atoms with van der Waals surface area (Å²) in [6.07, 6.45) is 1.57. The number of ether oxygens (including phenoxy) is 1. The van der Waals surface area contributed by atoms with Gasteiger partial charge in [0.1, 0.15) is 11.4 Å². The van der Waals surface area contributed by atoms with E-state index in [1.165, 1.54) is 6.07 Å². The monoisotopic (exact) mass is 424 g/mol. The quantitative estimate of drug-likeness (QED) is 0.577. The Morgan fingerprint density at radius 2 is 2.00 bits per heavy atom. The molecule has 0 saturated carbocycles. The zero-order valence-corrected chi connectivity index (χ0v) is 16.7. The van der Waals surface area contributed by atoms with E-state index in [1.54, 1.807) is 24.0 Å². The number of esters is 1. The summed E-state index contributed by atoms with van der Waals surface area (Å²) in [7, 11) is 0. The van der Waals surface area contributed by atoms with E-state index in [-0.39, 0.29) is 23.2 Å². The predicted molar refractivity (Wildman–Crippen MR) is 106 cm³/mol. The highest BCUT2D eigenvalue weighted by Gasteiger charge is 2.31. The van der Waals surface area contributed by atoms with Gasteiger partial charge in [0.2, 0.25) is 0 Å². The lowest BCUT2D eigenvalue weighted by molar-refractivity contribution is -0.135. The fraction of sp³-hybridized carbons (Fsp3) is 0.300. The van der Waals surface area contributed by atoms with Crippen molar-refractivity contribution in [1.82, 2.24) is 4.90 Å². The Morgan fingerprint density at radius 3 is 2.71 bits per heavy atom. The van der Waals surface area contributed by atoms with Crippen molar-refractivity contribution < 1.29 is 18.7 Å². The molecule has 5 nitrogen and oxygen atoms in total. The Bertz CT molecular complexity index is 936. The van der Waals surface area contributed by atoms with Crippen LogP contribution in [0.25, 0.3) is 0 Å². The van der Waals surface area contributed by atoms with Crippen LogP contribution in [0.5, 0.6) is 0 Å². The van der Waals surface area contributed by atoms with Gasteiger partial charge in [0.15, 0.2) is 6.61 Å². The predicted octanol–water partition coefficient (Wildman–Crippen LogP) is 4.54. The van der Waals surface area contributed by atoms with Crippen molar-refractivity contribution in [2.75, 3.05) is 18.9 Å². The lowest BCUT2D eigenvalue weighted by atomic mass is 10.0. The molecule has 2 aromatic carbocycles. The highest BCUT2D eigenvalue weighted by Crippen LogP contribution is 2.35. The van der Waals surface area contributed by atoms with E-state index < -0.39 is 18.4 Å². The summed E-state index contributed by atoms with van der Waals surface area (Å²) in [5.74, 6) is -2.11. The SMILES string of the molecule is Cc1ccc(F)c(C(=O)OCC(=O)N2CCCC2c2ccc(Cl)c(Cl)c2)c1N. The number of aryl methyl sites for hydroxylation is 1. The lowest BCUT2D eigenvalue weighted by Gasteiger charge is -2.25. The molecule has 1 atom stereocenters. The molecule has 148 valence electrons. The van der Waals surface area contributed by atoms with Gasteiger partial charge >= 0.3 is 5.97 Å². The normalized spacial score (nSPS) is 16.3. The van der Waals surface area contributed by atoms with Crippen LogP contribution in [0.1, 0.15) is 40.4 Å². The van der Waals surface area contributed by atoms with E-state index in [4.69, 9.17) is 33.7 Å². The molecule has 0 bridgehead atoms. The first kappa shape index (κ1) is 20.4. The maximum absolute atomic E-state index is 14.0. The van der Waals surface area contributed by atoms with Crippen LogP contribution in [-0.4, -0.2) is 29.9 Å². The zero-order valence-electron chi connectivity index (χ0n) is 15.2. The summed E-state index contributed by atoms with van der Waals surface area (Å²) in [6.45, 7) is 1.69. The highest BCUT2D eigenvalue weighted by atomic mass is 35.5. The van der Waals surface area contributed by atoms with Gasteiger partial charge in [0.25, 0.3) is 5.91 Å². The average molecular weight is 425 g/mol. The number of hydrogen-bond acceptors (Lipinski definition) is 4. The number of nitrogen functional groups attached to an aromatic ring is 1. The number of nitrogens with zero attached hydrogens (tertiary/aromatic N) is 1. The number of nitrogens with two attached hydrogens (primary N) is 1. The molecular formula is C20H19Cl2FN2O3. The van der Waals surface area contributed by atoms with Gasteiger partial charge in [-0.05, 0) is 49.1 Å². The number of anilines is 1. The van der Waals surface area contributed by atoms with Gasteiger partial charge in [0, 0.05) is 6.54 Å². The topological polar surface area (TPSA) is 72.6 Å². The van der Waals surface area contributed by atoms with Crippen LogP contribution in [0.3, 0.4) is 0 Å².